The van der Waals surface area contributed by atoms with Gasteiger partial charge in [-0.2, -0.15) is 0 Å². The molecule has 2 aromatic carbocycles. The van der Waals surface area contributed by atoms with Crippen molar-refractivity contribution in [2.24, 2.45) is 0 Å². The van der Waals surface area contributed by atoms with Crippen molar-refractivity contribution in [1.82, 2.24) is 0 Å². The van der Waals surface area contributed by atoms with Crippen molar-refractivity contribution >= 4 is 34.8 Å². The van der Waals surface area contributed by atoms with Crippen LogP contribution >= 0.6 is 34.8 Å². The summed E-state index contributed by atoms with van der Waals surface area (Å²) in [5, 5.41) is 1.17. The van der Waals surface area contributed by atoms with Crippen LogP contribution in [-0.2, 0) is 0 Å². The molecule has 0 amide bonds. The van der Waals surface area contributed by atoms with E-state index < -0.39 is 0 Å². The van der Waals surface area contributed by atoms with Crippen LogP contribution in [0.5, 0.6) is 0 Å². The van der Waals surface area contributed by atoms with Crippen LogP contribution in [0, 0.1) is 0 Å². The van der Waals surface area contributed by atoms with Gasteiger partial charge in [0.2, 0.25) is 0 Å². The fraction of sp³-hybridized carbons (Fsp3) is 0.200. The summed E-state index contributed by atoms with van der Waals surface area (Å²) >= 11 is 17.9. The van der Waals surface area contributed by atoms with Gasteiger partial charge in [-0.25, -0.2) is 0 Å². The van der Waals surface area contributed by atoms with Gasteiger partial charge in [-0.15, -0.1) is 11.6 Å². The first-order valence-electron chi connectivity index (χ1n) is 5.78. The Morgan fingerprint density at radius 3 is 2.17 bits per heavy atom. The van der Waals surface area contributed by atoms with Crippen molar-refractivity contribution in [2.45, 2.75) is 12.3 Å². The average Bonchev–Trinajstić information content (AvgIpc) is 2.40. The van der Waals surface area contributed by atoms with Gasteiger partial charge in [-0.3, -0.25) is 0 Å². The summed E-state index contributed by atoms with van der Waals surface area (Å²) in [6.07, 6.45) is 0.879. The fourth-order valence-electron chi connectivity index (χ4n) is 2.05. The minimum atomic E-state index is 0.262. The zero-order valence-electron chi connectivity index (χ0n) is 9.74. The van der Waals surface area contributed by atoms with Crippen molar-refractivity contribution in [1.29, 1.82) is 0 Å². The Morgan fingerprint density at radius 1 is 0.833 bits per heavy atom. The van der Waals surface area contributed by atoms with E-state index in [1.807, 2.05) is 36.4 Å². The Labute approximate surface area is 122 Å². The van der Waals surface area contributed by atoms with Crippen LogP contribution in [0.4, 0.5) is 0 Å². The van der Waals surface area contributed by atoms with E-state index >= 15 is 0 Å². The third kappa shape index (κ3) is 3.20. The molecule has 0 heterocycles. The highest BCUT2D eigenvalue weighted by Gasteiger charge is 2.14. The molecule has 1 atom stereocenters. The molecule has 0 fully saturated rings. The van der Waals surface area contributed by atoms with Crippen LogP contribution in [0.25, 0.3) is 0 Å². The summed E-state index contributed by atoms with van der Waals surface area (Å²) in [5.41, 5.74) is 2.40. The minimum Gasteiger partial charge on any atom is -0.127 e. The topological polar surface area (TPSA) is 0 Å². The van der Waals surface area contributed by atoms with Gasteiger partial charge in [-0.1, -0.05) is 59.6 Å². The minimum absolute atomic E-state index is 0.262. The van der Waals surface area contributed by atoms with Crippen molar-refractivity contribution in [2.75, 3.05) is 5.88 Å². The molecule has 0 unspecified atom stereocenters. The molecular weight excluding hydrogens is 287 g/mol. The van der Waals surface area contributed by atoms with Crippen LogP contribution in [0.1, 0.15) is 23.5 Å². The Balaban J connectivity index is 2.38. The Kier molecular flexibility index (Phi) is 4.94. The molecule has 94 valence electrons. The highest BCUT2D eigenvalue weighted by atomic mass is 35.5. The molecule has 0 aliphatic heterocycles. The summed E-state index contributed by atoms with van der Waals surface area (Å²) in [7, 11) is 0. The van der Waals surface area contributed by atoms with Gasteiger partial charge in [0, 0.05) is 11.8 Å². The highest BCUT2D eigenvalue weighted by molar-refractivity contribution is 6.42. The lowest BCUT2D eigenvalue weighted by molar-refractivity contribution is 0.782. The molecule has 0 nitrogen and oxygen atoms in total. The molecule has 0 bridgehead atoms. The molecule has 0 N–H and O–H groups in total. The van der Waals surface area contributed by atoms with E-state index in [4.69, 9.17) is 34.8 Å². The third-order valence-corrected chi connectivity index (χ3v) is 3.90. The Bertz CT molecular complexity index is 508. The normalized spacial score (nSPS) is 12.4. The average molecular weight is 300 g/mol. The maximum absolute atomic E-state index is 6.08. The van der Waals surface area contributed by atoms with E-state index in [2.05, 4.69) is 12.1 Å². The predicted octanol–water partition coefficient (Wildman–Crippen LogP) is 5.75. The fourth-order valence-corrected chi connectivity index (χ4v) is 2.57. The van der Waals surface area contributed by atoms with Crippen LogP contribution in [0.2, 0.25) is 10.0 Å². The standard InChI is InChI=1S/C15H13Cl3/c16-9-8-13(11-4-2-1-3-5-11)12-6-7-14(17)15(18)10-12/h1-7,10,13H,8-9H2/t13-/m1/s1. The number of rotatable bonds is 4. The summed E-state index contributed by atoms with van der Waals surface area (Å²) in [6.45, 7) is 0. The van der Waals surface area contributed by atoms with E-state index in [0.29, 0.717) is 15.9 Å². The molecule has 2 rings (SSSR count). The molecule has 2 aromatic rings. The molecule has 0 saturated carbocycles. The van der Waals surface area contributed by atoms with Crippen molar-refractivity contribution in [3.63, 3.8) is 0 Å². The number of hydrogen-bond acceptors (Lipinski definition) is 0. The van der Waals surface area contributed by atoms with E-state index in [1.54, 1.807) is 0 Å². The summed E-state index contributed by atoms with van der Waals surface area (Å²) in [4.78, 5) is 0. The lowest BCUT2D eigenvalue weighted by Crippen LogP contribution is -2.02. The Hall–Kier alpha value is -0.690. The van der Waals surface area contributed by atoms with Gasteiger partial charge in [0.25, 0.3) is 0 Å². The number of alkyl halides is 1. The molecule has 3 heteroatoms. The second-order valence-electron chi connectivity index (χ2n) is 4.11. The first-order chi connectivity index (χ1) is 8.72. The number of benzene rings is 2. The SMILES string of the molecule is ClCC[C@H](c1ccccc1)c1ccc(Cl)c(Cl)c1. The van der Waals surface area contributed by atoms with E-state index in [1.165, 1.54) is 5.56 Å². The summed E-state index contributed by atoms with van der Waals surface area (Å²) in [6, 6.07) is 16.1. The van der Waals surface area contributed by atoms with Crippen molar-refractivity contribution in [3.05, 3.63) is 69.7 Å². The first kappa shape index (κ1) is 13.7. The molecule has 0 radical (unpaired) electrons. The maximum atomic E-state index is 6.08. The smallest absolute Gasteiger partial charge is 0.0595 e. The number of hydrogen-bond donors (Lipinski definition) is 0. The van der Waals surface area contributed by atoms with Gasteiger partial charge in [0.05, 0.1) is 10.0 Å². The van der Waals surface area contributed by atoms with Crippen LogP contribution < -0.4 is 0 Å². The van der Waals surface area contributed by atoms with E-state index in [-0.39, 0.29) is 5.92 Å². The van der Waals surface area contributed by atoms with Crippen LogP contribution in [-0.4, -0.2) is 5.88 Å². The maximum Gasteiger partial charge on any atom is 0.0595 e. The van der Waals surface area contributed by atoms with E-state index in [9.17, 15) is 0 Å². The van der Waals surface area contributed by atoms with Gasteiger partial charge in [0.1, 0.15) is 0 Å². The Morgan fingerprint density at radius 2 is 1.56 bits per heavy atom. The monoisotopic (exact) mass is 298 g/mol. The molecule has 0 aromatic heterocycles. The second kappa shape index (κ2) is 6.47. The van der Waals surface area contributed by atoms with Crippen LogP contribution in [0.3, 0.4) is 0 Å². The van der Waals surface area contributed by atoms with Crippen LogP contribution in [0.15, 0.2) is 48.5 Å². The lowest BCUT2D eigenvalue weighted by atomic mass is 9.89. The van der Waals surface area contributed by atoms with Gasteiger partial charge >= 0.3 is 0 Å². The lowest BCUT2D eigenvalue weighted by Gasteiger charge is -2.17. The molecule has 0 saturated heterocycles. The molecule has 0 aliphatic carbocycles. The van der Waals surface area contributed by atoms with Crippen molar-refractivity contribution < 1.29 is 0 Å². The highest BCUT2D eigenvalue weighted by Crippen LogP contribution is 2.32. The van der Waals surface area contributed by atoms with Gasteiger partial charge in [0.15, 0.2) is 0 Å². The molecule has 18 heavy (non-hydrogen) atoms. The van der Waals surface area contributed by atoms with E-state index in [0.717, 1.165) is 12.0 Å². The molecular formula is C15H13Cl3. The van der Waals surface area contributed by atoms with Gasteiger partial charge < -0.3 is 0 Å². The summed E-state index contributed by atoms with van der Waals surface area (Å²) < 4.78 is 0. The molecule has 0 spiro atoms. The summed E-state index contributed by atoms with van der Waals surface area (Å²) in [5.74, 6) is 0.873. The zero-order chi connectivity index (χ0) is 13.0. The van der Waals surface area contributed by atoms with Gasteiger partial charge in [-0.05, 0) is 29.7 Å². The third-order valence-electron chi connectivity index (χ3n) is 2.95. The van der Waals surface area contributed by atoms with Crippen molar-refractivity contribution in [3.8, 4) is 0 Å². The quantitative estimate of drug-likeness (QED) is 0.630. The molecule has 0 aliphatic rings. The first-order valence-corrected chi connectivity index (χ1v) is 7.07. The number of halogens is 3. The second-order valence-corrected chi connectivity index (χ2v) is 5.31. The largest absolute Gasteiger partial charge is 0.127 e. The predicted molar refractivity (Wildman–Crippen MR) is 80.1 cm³/mol. The zero-order valence-corrected chi connectivity index (χ0v) is 12.0.